The molecular formula is C23H24F3N3O3. The zero-order chi connectivity index (χ0) is 23.1. The normalized spacial score (nSPS) is 18.3. The maximum atomic E-state index is 13.5. The van der Waals surface area contributed by atoms with Gasteiger partial charge in [-0.15, -0.1) is 0 Å². The third-order valence-corrected chi connectivity index (χ3v) is 5.20. The van der Waals surface area contributed by atoms with Crippen molar-refractivity contribution in [2.45, 2.75) is 31.2 Å². The van der Waals surface area contributed by atoms with Crippen molar-refractivity contribution in [3.05, 3.63) is 59.7 Å². The molecule has 1 aliphatic rings. The van der Waals surface area contributed by atoms with Gasteiger partial charge < -0.3 is 19.7 Å². The first-order valence-electron chi connectivity index (χ1n) is 10.2. The van der Waals surface area contributed by atoms with Crippen LogP contribution in [-0.4, -0.2) is 44.9 Å². The molecule has 0 bridgehead atoms. The van der Waals surface area contributed by atoms with Gasteiger partial charge in [-0.1, -0.05) is 18.2 Å². The highest BCUT2D eigenvalue weighted by Gasteiger charge is 2.40. The fraction of sp³-hybridized carbons (Fsp3) is 0.391. The molecule has 0 spiro atoms. The van der Waals surface area contributed by atoms with Gasteiger partial charge in [-0.2, -0.15) is 18.4 Å². The molecule has 170 valence electrons. The molecule has 32 heavy (non-hydrogen) atoms. The maximum absolute atomic E-state index is 13.5. The molecule has 1 amide bonds. The Morgan fingerprint density at radius 1 is 1.25 bits per heavy atom. The van der Waals surface area contributed by atoms with E-state index in [4.69, 9.17) is 14.7 Å². The Balaban J connectivity index is 1.85. The highest BCUT2D eigenvalue weighted by atomic mass is 19.4. The summed E-state index contributed by atoms with van der Waals surface area (Å²) < 4.78 is 51.4. The minimum absolute atomic E-state index is 0.215. The predicted molar refractivity (Wildman–Crippen MR) is 112 cm³/mol. The van der Waals surface area contributed by atoms with E-state index in [0.717, 1.165) is 12.1 Å². The lowest BCUT2D eigenvalue weighted by molar-refractivity contribution is -0.137. The fourth-order valence-electron chi connectivity index (χ4n) is 3.70. The topological polar surface area (TPSA) is 74.6 Å². The molecule has 1 fully saturated rings. The van der Waals surface area contributed by atoms with Crippen LogP contribution in [0.4, 0.5) is 18.9 Å². The van der Waals surface area contributed by atoms with Crippen LogP contribution in [0.15, 0.2) is 48.5 Å². The molecule has 6 nitrogen and oxygen atoms in total. The van der Waals surface area contributed by atoms with E-state index in [1.807, 2.05) is 18.2 Å². The summed E-state index contributed by atoms with van der Waals surface area (Å²) in [6.07, 6.45) is -4.14. The average Bonchev–Trinajstić information content (AvgIpc) is 3.20. The smallest absolute Gasteiger partial charge is 0.417 e. The van der Waals surface area contributed by atoms with Crippen LogP contribution in [-0.2, 0) is 15.7 Å². The molecule has 1 heterocycles. The van der Waals surface area contributed by atoms with Crippen molar-refractivity contribution >= 4 is 11.6 Å². The van der Waals surface area contributed by atoms with Crippen LogP contribution < -0.4 is 15.0 Å². The SMILES string of the molecule is COCCCNC(=O)[C@@H]1C[C@H](Oc2ccccc2)CN1c1ccc(C#N)c(C(F)(F)F)c1. The summed E-state index contributed by atoms with van der Waals surface area (Å²) in [5.41, 5.74) is -1.27. The molecule has 0 saturated carbocycles. The Hall–Kier alpha value is -3.25. The lowest BCUT2D eigenvalue weighted by Crippen LogP contribution is -2.43. The third kappa shape index (κ3) is 5.71. The van der Waals surface area contributed by atoms with Crippen LogP contribution in [0, 0.1) is 11.3 Å². The highest BCUT2D eigenvalue weighted by molar-refractivity contribution is 5.86. The highest BCUT2D eigenvalue weighted by Crippen LogP contribution is 2.36. The van der Waals surface area contributed by atoms with Crippen molar-refractivity contribution in [3.63, 3.8) is 0 Å². The Kier molecular flexibility index (Phi) is 7.59. The summed E-state index contributed by atoms with van der Waals surface area (Å²) in [5, 5.41) is 11.9. The second-order valence-corrected chi connectivity index (χ2v) is 7.43. The minimum Gasteiger partial charge on any atom is -0.488 e. The molecular weight excluding hydrogens is 423 g/mol. The van der Waals surface area contributed by atoms with Gasteiger partial charge in [0.25, 0.3) is 0 Å². The second-order valence-electron chi connectivity index (χ2n) is 7.43. The van der Waals surface area contributed by atoms with Crippen LogP contribution in [0.2, 0.25) is 0 Å². The standard InChI is InChI=1S/C23H24F3N3O3/c1-31-11-5-10-28-22(30)21-13-19(32-18-6-3-2-4-7-18)15-29(21)17-9-8-16(14-27)20(12-17)23(24,25)26/h2-4,6-9,12,19,21H,5,10-11,13,15H2,1H3,(H,28,30)/t19-,21-/m0/s1. The van der Waals surface area contributed by atoms with E-state index in [1.54, 1.807) is 30.2 Å². The van der Waals surface area contributed by atoms with Crippen molar-refractivity contribution in [3.8, 4) is 11.8 Å². The van der Waals surface area contributed by atoms with Gasteiger partial charge in [0.1, 0.15) is 17.9 Å². The molecule has 0 unspecified atom stereocenters. The largest absolute Gasteiger partial charge is 0.488 e. The number of ether oxygens (including phenoxy) is 2. The van der Waals surface area contributed by atoms with E-state index in [-0.39, 0.29) is 18.1 Å². The predicted octanol–water partition coefficient (Wildman–Crippen LogP) is 3.76. The van der Waals surface area contributed by atoms with Crippen molar-refractivity contribution < 1.29 is 27.4 Å². The number of nitrogens with zero attached hydrogens (tertiary/aromatic N) is 2. The Morgan fingerprint density at radius 2 is 2.00 bits per heavy atom. The summed E-state index contributed by atoms with van der Waals surface area (Å²) in [5.74, 6) is 0.326. The fourth-order valence-corrected chi connectivity index (χ4v) is 3.70. The number of carbonyl (C=O) groups excluding carboxylic acids is 1. The van der Waals surface area contributed by atoms with Crippen molar-refractivity contribution in [1.29, 1.82) is 5.26 Å². The number of rotatable bonds is 8. The number of nitrogens with one attached hydrogen (secondary N) is 1. The average molecular weight is 447 g/mol. The summed E-state index contributed by atoms with van der Waals surface area (Å²) in [6.45, 7) is 1.11. The summed E-state index contributed by atoms with van der Waals surface area (Å²) in [4.78, 5) is 14.5. The minimum atomic E-state index is -4.68. The molecule has 0 aromatic heterocycles. The van der Waals surface area contributed by atoms with E-state index >= 15 is 0 Å². The quantitative estimate of drug-likeness (QED) is 0.624. The Labute approximate surface area is 184 Å². The number of para-hydroxylation sites is 1. The zero-order valence-corrected chi connectivity index (χ0v) is 17.6. The van der Waals surface area contributed by atoms with Gasteiger partial charge in [0.2, 0.25) is 5.91 Å². The van der Waals surface area contributed by atoms with E-state index in [9.17, 15) is 18.0 Å². The number of nitriles is 1. The van der Waals surface area contributed by atoms with Crippen molar-refractivity contribution in [1.82, 2.24) is 5.32 Å². The van der Waals surface area contributed by atoms with Gasteiger partial charge in [-0.25, -0.2) is 0 Å². The number of alkyl halides is 3. The monoisotopic (exact) mass is 447 g/mol. The maximum Gasteiger partial charge on any atom is 0.417 e. The third-order valence-electron chi connectivity index (χ3n) is 5.20. The Morgan fingerprint density at radius 3 is 2.66 bits per heavy atom. The van der Waals surface area contributed by atoms with Gasteiger partial charge in [0, 0.05) is 32.4 Å². The van der Waals surface area contributed by atoms with Gasteiger partial charge in [0.05, 0.1) is 23.7 Å². The Bertz CT molecular complexity index is 960. The number of benzene rings is 2. The molecule has 2 aromatic carbocycles. The van der Waals surface area contributed by atoms with Gasteiger partial charge in [-0.05, 0) is 36.8 Å². The van der Waals surface area contributed by atoms with Gasteiger partial charge in [0.15, 0.2) is 0 Å². The first-order valence-corrected chi connectivity index (χ1v) is 10.2. The number of anilines is 1. The van der Waals surface area contributed by atoms with Crippen molar-refractivity contribution in [2.75, 3.05) is 31.7 Å². The van der Waals surface area contributed by atoms with E-state index in [1.165, 1.54) is 6.07 Å². The number of amides is 1. The molecule has 0 radical (unpaired) electrons. The molecule has 1 N–H and O–H groups in total. The van der Waals surface area contributed by atoms with E-state index in [2.05, 4.69) is 5.32 Å². The van der Waals surface area contributed by atoms with Crippen LogP contribution >= 0.6 is 0 Å². The van der Waals surface area contributed by atoms with Crippen LogP contribution in [0.3, 0.4) is 0 Å². The first kappa shape index (κ1) is 23.4. The lowest BCUT2D eigenvalue weighted by Gasteiger charge is -2.26. The zero-order valence-electron chi connectivity index (χ0n) is 17.6. The lowest BCUT2D eigenvalue weighted by atomic mass is 10.1. The van der Waals surface area contributed by atoms with Crippen molar-refractivity contribution in [2.24, 2.45) is 0 Å². The molecule has 3 rings (SSSR count). The molecule has 2 atom stereocenters. The number of hydrogen-bond donors (Lipinski definition) is 1. The second kappa shape index (κ2) is 10.4. The summed E-state index contributed by atoms with van der Waals surface area (Å²) >= 11 is 0. The van der Waals surface area contributed by atoms with Crippen LogP contribution in [0.5, 0.6) is 5.75 Å². The summed E-state index contributed by atoms with van der Waals surface area (Å²) in [7, 11) is 1.56. The number of methoxy groups -OCH3 is 1. The first-order chi connectivity index (χ1) is 15.3. The van der Waals surface area contributed by atoms with E-state index in [0.29, 0.717) is 31.7 Å². The molecule has 0 aliphatic carbocycles. The molecule has 9 heteroatoms. The molecule has 1 aliphatic heterocycles. The van der Waals surface area contributed by atoms with Crippen LogP contribution in [0.25, 0.3) is 0 Å². The van der Waals surface area contributed by atoms with Crippen LogP contribution in [0.1, 0.15) is 24.0 Å². The molecule has 1 saturated heterocycles. The number of carbonyl (C=O) groups is 1. The van der Waals surface area contributed by atoms with Gasteiger partial charge in [-0.3, -0.25) is 4.79 Å². The summed E-state index contributed by atoms with van der Waals surface area (Å²) in [6, 6.07) is 13.4. The van der Waals surface area contributed by atoms with Gasteiger partial charge >= 0.3 is 6.18 Å². The number of hydrogen-bond acceptors (Lipinski definition) is 5. The van der Waals surface area contributed by atoms with E-state index < -0.39 is 29.4 Å². The number of halogens is 3. The molecule has 2 aromatic rings.